The number of rotatable bonds is 5. The van der Waals surface area contributed by atoms with Crippen molar-refractivity contribution in [1.82, 2.24) is 25.3 Å². The molecule has 0 aliphatic carbocycles. The molecule has 0 aromatic carbocycles. The summed E-state index contributed by atoms with van der Waals surface area (Å²) in [7, 11) is 0. The number of H-pyrrole nitrogens is 1. The van der Waals surface area contributed by atoms with Crippen LogP contribution in [-0.2, 0) is 0 Å². The number of halogens is 3. The molecule has 1 aliphatic heterocycles. The highest BCUT2D eigenvalue weighted by Gasteiger charge is 2.33. The number of nitrogens with one attached hydrogen (secondary N) is 2. The molecule has 3 N–H and O–H groups in total. The van der Waals surface area contributed by atoms with Gasteiger partial charge < -0.3 is 25.0 Å². The number of hydrogen-bond acceptors (Lipinski definition) is 8. The molecule has 0 unspecified atom stereocenters. The molecule has 1 saturated heterocycles. The molecular weight excluding hydrogens is 498 g/mol. The van der Waals surface area contributed by atoms with Gasteiger partial charge in [0.15, 0.2) is 5.13 Å². The number of aryl methyl sites for hydroxylation is 1. The Balaban J connectivity index is 1.48. The average Bonchev–Trinajstić information content (AvgIpc) is 3.31. The largest absolute Gasteiger partial charge is 0.512 e. The van der Waals surface area contributed by atoms with Crippen LogP contribution in [0.3, 0.4) is 0 Å². The molecule has 2 atom stereocenters. The standard InChI is InChI=1S/C19H17Cl2FN6O4S/c1-8-12(20)13(21)15(25-8)16(29)26-10-3-5-28(6-9(10)22)18-27-14(11-2-4-23-7-24-11)17(33-18)32-19(30)31/h2,4,7,9-10,25H,3,5-6H2,1H3,(H,26,29)(H,30,31)/t9-,10+/m0/s1. The molecule has 0 bridgehead atoms. The molecule has 0 saturated carbocycles. The summed E-state index contributed by atoms with van der Waals surface area (Å²) < 4.78 is 19.8. The molecule has 3 aromatic rings. The van der Waals surface area contributed by atoms with Gasteiger partial charge in [0.25, 0.3) is 5.91 Å². The fraction of sp³-hybridized carbons (Fsp3) is 0.316. The van der Waals surface area contributed by atoms with E-state index in [9.17, 15) is 14.0 Å². The van der Waals surface area contributed by atoms with Gasteiger partial charge in [0.1, 0.15) is 23.9 Å². The van der Waals surface area contributed by atoms with Gasteiger partial charge in [0.2, 0.25) is 5.06 Å². The minimum atomic E-state index is -1.50. The fourth-order valence-corrected chi connectivity index (χ4v) is 4.76. The Bertz CT molecular complexity index is 1190. The average molecular weight is 515 g/mol. The minimum absolute atomic E-state index is 0.0238. The Morgan fingerprint density at radius 3 is 2.79 bits per heavy atom. The Hall–Kier alpha value is -2.96. The molecule has 4 heterocycles. The number of hydrogen-bond donors (Lipinski definition) is 3. The number of nitrogens with zero attached hydrogens (tertiary/aromatic N) is 4. The second-order valence-electron chi connectivity index (χ2n) is 7.18. The first-order valence-electron chi connectivity index (χ1n) is 9.66. The van der Waals surface area contributed by atoms with Gasteiger partial charge >= 0.3 is 6.16 Å². The van der Waals surface area contributed by atoms with E-state index in [1.807, 2.05) is 0 Å². The van der Waals surface area contributed by atoms with Crippen molar-refractivity contribution < 1.29 is 23.8 Å². The van der Waals surface area contributed by atoms with Crippen molar-refractivity contribution in [2.45, 2.75) is 25.6 Å². The van der Waals surface area contributed by atoms with Gasteiger partial charge in [-0.15, -0.1) is 0 Å². The lowest BCUT2D eigenvalue weighted by Gasteiger charge is -2.34. The number of aromatic nitrogens is 4. The van der Waals surface area contributed by atoms with E-state index in [0.717, 1.165) is 11.3 Å². The number of amides is 1. The summed E-state index contributed by atoms with van der Waals surface area (Å²) in [6.07, 6.45) is 0.167. The van der Waals surface area contributed by atoms with Crippen LogP contribution in [0.25, 0.3) is 11.4 Å². The van der Waals surface area contributed by atoms with E-state index < -0.39 is 24.3 Å². The highest BCUT2D eigenvalue weighted by molar-refractivity contribution is 7.18. The minimum Gasteiger partial charge on any atom is -0.449 e. The SMILES string of the molecule is Cc1[nH]c(C(=O)N[C@@H]2CCN(c3nc(-c4ccncn4)c(OC(=O)O)s3)C[C@@H]2F)c(Cl)c1Cl. The zero-order valence-electron chi connectivity index (χ0n) is 17.0. The summed E-state index contributed by atoms with van der Waals surface area (Å²) in [6.45, 7) is 1.98. The van der Waals surface area contributed by atoms with Gasteiger partial charge in [-0.1, -0.05) is 34.5 Å². The normalized spacial score (nSPS) is 18.2. The van der Waals surface area contributed by atoms with Gasteiger partial charge in [-0.25, -0.2) is 24.1 Å². The van der Waals surface area contributed by atoms with Crippen LogP contribution in [0.2, 0.25) is 10.0 Å². The summed E-state index contributed by atoms with van der Waals surface area (Å²) >= 11 is 13.1. The van der Waals surface area contributed by atoms with E-state index in [1.54, 1.807) is 17.9 Å². The summed E-state index contributed by atoms with van der Waals surface area (Å²) in [5.41, 5.74) is 1.22. The molecule has 33 heavy (non-hydrogen) atoms. The quantitative estimate of drug-likeness (QED) is 0.435. The van der Waals surface area contributed by atoms with E-state index in [0.29, 0.717) is 23.1 Å². The predicted octanol–water partition coefficient (Wildman–Crippen LogP) is 3.95. The van der Waals surface area contributed by atoms with Crippen molar-refractivity contribution >= 4 is 51.7 Å². The van der Waals surface area contributed by atoms with Crippen LogP contribution in [-0.4, -0.2) is 62.4 Å². The highest BCUT2D eigenvalue weighted by Crippen LogP contribution is 2.40. The van der Waals surface area contributed by atoms with E-state index in [2.05, 4.69) is 25.3 Å². The van der Waals surface area contributed by atoms with Crippen molar-refractivity contribution in [3.05, 3.63) is 40.0 Å². The number of piperidine rings is 1. The van der Waals surface area contributed by atoms with Crippen molar-refractivity contribution in [2.24, 2.45) is 0 Å². The Morgan fingerprint density at radius 1 is 1.39 bits per heavy atom. The number of ether oxygens (including phenoxy) is 1. The molecule has 1 amide bonds. The monoisotopic (exact) mass is 514 g/mol. The summed E-state index contributed by atoms with van der Waals surface area (Å²) in [5.74, 6) is -0.548. The lowest BCUT2D eigenvalue weighted by molar-refractivity contribution is 0.0894. The molecule has 0 spiro atoms. The van der Waals surface area contributed by atoms with Crippen LogP contribution in [0.15, 0.2) is 18.6 Å². The van der Waals surface area contributed by atoms with E-state index in [4.69, 9.17) is 33.0 Å². The second kappa shape index (κ2) is 9.49. The fourth-order valence-electron chi connectivity index (χ4n) is 3.38. The molecule has 3 aromatic heterocycles. The Kier molecular flexibility index (Phi) is 6.68. The van der Waals surface area contributed by atoms with Crippen molar-refractivity contribution in [3.63, 3.8) is 0 Å². The first-order chi connectivity index (χ1) is 15.7. The molecule has 14 heteroatoms. The third-order valence-corrected chi connectivity index (χ3v) is 6.94. The molecule has 1 aliphatic rings. The molecule has 1 fully saturated rings. The van der Waals surface area contributed by atoms with E-state index >= 15 is 0 Å². The first-order valence-corrected chi connectivity index (χ1v) is 11.2. The van der Waals surface area contributed by atoms with Gasteiger partial charge in [-0.05, 0) is 19.4 Å². The summed E-state index contributed by atoms with van der Waals surface area (Å²) in [4.78, 5) is 40.4. The number of carbonyl (C=O) groups is 2. The number of carboxylic acid groups (broad SMARTS) is 1. The maximum Gasteiger partial charge on any atom is 0.512 e. The van der Waals surface area contributed by atoms with Crippen LogP contribution in [0.4, 0.5) is 14.3 Å². The lowest BCUT2D eigenvalue weighted by atomic mass is 10.0. The van der Waals surface area contributed by atoms with Crippen molar-refractivity contribution in [3.8, 4) is 16.5 Å². The molecular formula is C19H17Cl2FN6O4S. The van der Waals surface area contributed by atoms with Gasteiger partial charge in [-0.3, -0.25) is 4.79 Å². The summed E-state index contributed by atoms with van der Waals surface area (Å²) in [6, 6.07) is 0.815. The van der Waals surface area contributed by atoms with Crippen LogP contribution in [0, 0.1) is 6.92 Å². The Morgan fingerprint density at radius 2 is 2.18 bits per heavy atom. The van der Waals surface area contributed by atoms with Crippen LogP contribution >= 0.6 is 34.5 Å². The number of alkyl halides is 1. The zero-order valence-corrected chi connectivity index (χ0v) is 19.3. The van der Waals surface area contributed by atoms with Crippen molar-refractivity contribution in [1.29, 1.82) is 0 Å². The van der Waals surface area contributed by atoms with Crippen LogP contribution < -0.4 is 15.0 Å². The van der Waals surface area contributed by atoms with E-state index in [-0.39, 0.29) is 39.5 Å². The smallest absolute Gasteiger partial charge is 0.449 e. The number of aromatic amines is 1. The topological polar surface area (TPSA) is 133 Å². The zero-order chi connectivity index (χ0) is 23.7. The van der Waals surface area contributed by atoms with Gasteiger partial charge in [-0.2, -0.15) is 0 Å². The molecule has 174 valence electrons. The highest BCUT2D eigenvalue weighted by atomic mass is 35.5. The predicted molar refractivity (Wildman–Crippen MR) is 120 cm³/mol. The maximum atomic E-state index is 15.0. The lowest BCUT2D eigenvalue weighted by Crippen LogP contribution is -2.52. The Labute approximate surface area is 200 Å². The first kappa shape index (κ1) is 23.2. The molecule has 4 rings (SSSR count). The van der Waals surface area contributed by atoms with Gasteiger partial charge in [0, 0.05) is 18.4 Å². The maximum absolute atomic E-state index is 15.0. The van der Waals surface area contributed by atoms with Gasteiger partial charge in [0.05, 0.1) is 28.3 Å². The number of anilines is 1. The summed E-state index contributed by atoms with van der Waals surface area (Å²) in [5, 5.41) is 12.4. The third kappa shape index (κ3) is 4.87. The second-order valence-corrected chi connectivity index (χ2v) is 8.87. The third-order valence-electron chi connectivity index (χ3n) is 5.00. The van der Waals surface area contributed by atoms with E-state index in [1.165, 1.54) is 12.5 Å². The van der Waals surface area contributed by atoms with Crippen molar-refractivity contribution in [2.75, 3.05) is 18.0 Å². The van der Waals surface area contributed by atoms with Crippen LogP contribution in [0.1, 0.15) is 22.6 Å². The number of carbonyl (C=O) groups excluding carboxylic acids is 1. The van der Waals surface area contributed by atoms with Crippen LogP contribution in [0.5, 0.6) is 5.06 Å². The number of thiazole rings is 1. The molecule has 0 radical (unpaired) electrons. The molecule has 10 nitrogen and oxygen atoms in total.